The van der Waals surface area contributed by atoms with Crippen molar-refractivity contribution in [1.29, 1.82) is 0 Å². The van der Waals surface area contributed by atoms with Crippen LogP contribution in [0.2, 0.25) is 0 Å². The van der Waals surface area contributed by atoms with Gasteiger partial charge in [0.2, 0.25) is 17.7 Å². The summed E-state index contributed by atoms with van der Waals surface area (Å²) in [6, 6.07) is 9.61. The molecule has 258 valence electrons. The fourth-order valence-electron chi connectivity index (χ4n) is 7.05. The van der Waals surface area contributed by atoms with Crippen molar-refractivity contribution < 1.29 is 33.4 Å². The molecule has 0 aromatic heterocycles. The first-order valence-corrected chi connectivity index (χ1v) is 17.5. The van der Waals surface area contributed by atoms with Gasteiger partial charge in [0, 0.05) is 43.9 Å². The van der Waals surface area contributed by atoms with E-state index in [0.717, 1.165) is 56.9 Å². The van der Waals surface area contributed by atoms with E-state index in [-0.39, 0.29) is 77.6 Å². The third kappa shape index (κ3) is 9.26. The molecule has 47 heavy (non-hydrogen) atoms. The maximum absolute atomic E-state index is 13.0. The zero-order chi connectivity index (χ0) is 33.6. The maximum atomic E-state index is 13.0. The Kier molecular flexibility index (Phi) is 11.5. The molecule has 0 heterocycles. The highest BCUT2D eigenvalue weighted by Crippen LogP contribution is 2.38. The van der Waals surface area contributed by atoms with Crippen LogP contribution in [-0.2, 0) is 35.3 Å². The zero-order valence-corrected chi connectivity index (χ0v) is 28.1. The molecule has 4 fully saturated rings. The van der Waals surface area contributed by atoms with Crippen LogP contribution < -0.4 is 21.3 Å². The lowest BCUT2D eigenvalue weighted by Crippen LogP contribution is -2.51. The number of amides is 4. The van der Waals surface area contributed by atoms with Crippen LogP contribution in [0, 0.1) is 47.3 Å². The van der Waals surface area contributed by atoms with Crippen molar-refractivity contribution in [3.63, 3.8) is 0 Å². The van der Waals surface area contributed by atoms with Crippen molar-refractivity contribution >= 4 is 29.8 Å². The number of esters is 1. The molecule has 4 aliphatic rings. The Labute approximate surface area is 278 Å². The van der Waals surface area contributed by atoms with Gasteiger partial charge in [0.15, 0.2) is 0 Å². The summed E-state index contributed by atoms with van der Waals surface area (Å²) in [5, 5.41) is 12.0. The number of rotatable bonds is 14. The van der Waals surface area contributed by atoms with Crippen molar-refractivity contribution in [2.24, 2.45) is 47.3 Å². The molecule has 5 rings (SSSR count). The van der Waals surface area contributed by atoms with Crippen LogP contribution in [0.1, 0.15) is 77.7 Å². The van der Waals surface area contributed by atoms with Crippen LogP contribution in [0.25, 0.3) is 0 Å². The van der Waals surface area contributed by atoms with Crippen molar-refractivity contribution in [3.05, 3.63) is 35.9 Å². The topological polar surface area (TPSA) is 152 Å². The lowest BCUT2D eigenvalue weighted by molar-refractivity contribution is -0.156. The number of alkyl carbamates (subject to hydrolysis) is 1. The van der Waals surface area contributed by atoms with Crippen LogP contribution in [0.3, 0.4) is 0 Å². The summed E-state index contributed by atoms with van der Waals surface area (Å²) < 4.78 is 10.8. The van der Waals surface area contributed by atoms with E-state index in [1.165, 1.54) is 0 Å². The van der Waals surface area contributed by atoms with Crippen LogP contribution in [0.15, 0.2) is 30.3 Å². The van der Waals surface area contributed by atoms with Crippen LogP contribution in [-0.4, -0.2) is 61.6 Å². The highest BCUT2D eigenvalue weighted by atomic mass is 16.6. The Morgan fingerprint density at radius 2 is 1.00 bits per heavy atom. The number of carbonyl (C=O) groups excluding carboxylic acids is 5. The molecule has 4 N–H and O–H groups in total. The van der Waals surface area contributed by atoms with Gasteiger partial charge in [-0.05, 0) is 101 Å². The van der Waals surface area contributed by atoms with Crippen molar-refractivity contribution in [3.8, 4) is 0 Å². The summed E-state index contributed by atoms with van der Waals surface area (Å²) in [7, 11) is 0. The van der Waals surface area contributed by atoms with Crippen molar-refractivity contribution in [2.45, 2.75) is 84.3 Å². The van der Waals surface area contributed by atoms with E-state index in [1.807, 2.05) is 51.1 Å². The second-order valence-electron chi connectivity index (χ2n) is 15.0. The molecular weight excluding hydrogens is 600 g/mol. The predicted molar refractivity (Wildman–Crippen MR) is 174 cm³/mol. The Morgan fingerprint density at radius 3 is 1.38 bits per heavy atom. The molecule has 1 aromatic rings. The SMILES string of the molecule is CC(C)(C)OC(=O)NC[C@H]1CC[C@H]1C(=O)NC[C@H]1CC[C@H]1C(=O)NC[C@H]1CC[C@H]1C(=O)NC[C@H]1CC[C@H]1C(=O)OCc1ccccc1. The second kappa shape index (κ2) is 15.5. The van der Waals surface area contributed by atoms with E-state index < -0.39 is 11.7 Å². The molecule has 0 radical (unpaired) electrons. The number of ether oxygens (including phenoxy) is 2. The van der Waals surface area contributed by atoms with Crippen LogP contribution in [0.4, 0.5) is 4.79 Å². The monoisotopic (exact) mass is 652 g/mol. The first kappa shape index (κ1) is 34.7. The zero-order valence-electron chi connectivity index (χ0n) is 28.1. The van der Waals surface area contributed by atoms with Gasteiger partial charge in [-0.2, -0.15) is 0 Å². The number of benzene rings is 1. The average Bonchev–Trinajstić information content (AvgIpc) is 2.93. The van der Waals surface area contributed by atoms with E-state index in [2.05, 4.69) is 21.3 Å². The van der Waals surface area contributed by atoms with Gasteiger partial charge in [-0.15, -0.1) is 0 Å². The molecule has 0 bridgehead atoms. The minimum absolute atomic E-state index is 0.00127. The number of carbonyl (C=O) groups is 5. The molecule has 4 amide bonds. The van der Waals surface area contributed by atoms with Gasteiger partial charge in [0.25, 0.3) is 0 Å². The Morgan fingerprint density at radius 1 is 0.596 bits per heavy atom. The minimum atomic E-state index is -0.566. The molecule has 0 saturated heterocycles. The molecule has 11 nitrogen and oxygen atoms in total. The van der Waals surface area contributed by atoms with Crippen LogP contribution in [0.5, 0.6) is 0 Å². The normalized spacial score (nSPS) is 29.3. The third-order valence-corrected chi connectivity index (χ3v) is 10.7. The van der Waals surface area contributed by atoms with Crippen molar-refractivity contribution in [2.75, 3.05) is 26.2 Å². The van der Waals surface area contributed by atoms with E-state index in [4.69, 9.17) is 9.47 Å². The molecule has 11 heteroatoms. The highest BCUT2D eigenvalue weighted by Gasteiger charge is 2.42. The average molecular weight is 653 g/mol. The Bertz CT molecular complexity index is 1280. The largest absolute Gasteiger partial charge is 0.461 e. The summed E-state index contributed by atoms with van der Waals surface area (Å²) in [5.41, 5.74) is 0.390. The second-order valence-corrected chi connectivity index (χ2v) is 15.0. The number of nitrogens with one attached hydrogen (secondary N) is 4. The summed E-state index contributed by atoms with van der Waals surface area (Å²) in [4.78, 5) is 63.3. The van der Waals surface area contributed by atoms with Gasteiger partial charge in [0.1, 0.15) is 12.2 Å². The molecule has 1 aromatic carbocycles. The smallest absolute Gasteiger partial charge is 0.407 e. The lowest BCUT2D eigenvalue weighted by Gasteiger charge is -2.40. The van der Waals surface area contributed by atoms with Gasteiger partial charge < -0.3 is 30.7 Å². The van der Waals surface area contributed by atoms with E-state index >= 15 is 0 Å². The van der Waals surface area contributed by atoms with Gasteiger partial charge in [0.05, 0.1) is 5.92 Å². The van der Waals surface area contributed by atoms with Gasteiger partial charge in [-0.25, -0.2) is 4.79 Å². The fraction of sp³-hybridized carbons (Fsp3) is 0.694. The molecule has 0 aliphatic heterocycles. The first-order valence-electron chi connectivity index (χ1n) is 17.5. The van der Waals surface area contributed by atoms with Gasteiger partial charge in [-0.1, -0.05) is 30.3 Å². The maximum Gasteiger partial charge on any atom is 0.407 e. The molecule has 0 unspecified atom stereocenters. The standard InChI is InChI=1S/C36H52N4O7/c1-36(2,3)47-35(45)40-20-25-11-15-29(25)33(43)38-18-23-9-13-27(23)31(41)37-17-24-10-14-28(24)32(42)39-19-26-12-16-30(26)34(44)46-21-22-7-5-4-6-8-22/h4-8,23-30H,9-21H2,1-3H3,(H,37,41)(H,38,43)(H,39,42)(H,40,45)/t23-,24-,25-,26-,27-,28-,29-,30-/m1/s1. The fourth-order valence-corrected chi connectivity index (χ4v) is 7.05. The molecule has 0 spiro atoms. The van der Waals surface area contributed by atoms with Gasteiger partial charge >= 0.3 is 12.1 Å². The quantitative estimate of drug-likeness (QED) is 0.224. The summed E-state index contributed by atoms with van der Waals surface area (Å²) >= 11 is 0. The summed E-state index contributed by atoms with van der Waals surface area (Å²) in [6.07, 6.45) is 6.26. The highest BCUT2D eigenvalue weighted by molar-refractivity contribution is 5.82. The van der Waals surface area contributed by atoms with Gasteiger partial charge in [-0.3, -0.25) is 19.2 Å². The molecular formula is C36H52N4O7. The van der Waals surface area contributed by atoms with E-state index in [0.29, 0.717) is 26.2 Å². The summed E-state index contributed by atoms with van der Waals surface area (Å²) in [5.74, 6) is -0.391. The number of hydrogen-bond acceptors (Lipinski definition) is 7. The molecule has 8 atom stereocenters. The molecule has 4 aliphatic carbocycles. The Balaban J connectivity index is 0.948. The van der Waals surface area contributed by atoms with E-state index in [1.54, 1.807) is 0 Å². The number of hydrogen-bond donors (Lipinski definition) is 4. The first-order chi connectivity index (χ1) is 22.5. The minimum Gasteiger partial charge on any atom is -0.461 e. The van der Waals surface area contributed by atoms with Crippen LogP contribution >= 0.6 is 0 Å². The lowest BCUT2D eigenvalue weighted by atomic mass is 9.70. The molecule has 4 saturated carbocycles. The summed E-state index contributed by atoms with van der Waals surface area (Å²) in [6.45, 7) is 7.51. The Hall–Kier alpha value is -3.63. The van der Waals surface area contributed by atoms with E-state index in [9.17, 15) is 24.0 Å². The predicted octanol–water partition coefficient (Wildman–Crippen LogP) is 3.71. The van der Waals surface area contributed by atoms with Crippen molar-refractivity contribution in [1.82, 2.24) is 21.3 Å². The third-order valence-electron chi connectivity index (χ3n) is 10.7.